The first-order chi connectivity index (χ1) is 9.44. The monoisotopic (exact) mass is 314 g/mol. The van der Waals surface area contributed by atoms with Gasteiger partial charge < -0.3 is 5.32 Å². The Bertz CT molecular complexity index is 669. The minimum absolute atomic E-state index is 0.122. The number of nitrogens with one attached hydrogen (secondary N) is 3. The molecule has 0 amide bonds. The van der Waals surface area contributed by atoms with Crippen molar-refractivity contribution < 1.29 is 8.42 Å². The molecular formula is C12H18N4O2S2. The van der Waals surface area contributed by atoms with Crippen LogP contribution in [0.25, 0.3) is 0 Å². The highest BCUT2D eigenvalue weighted by molar-refractivity contribution is 7.89. The zero-order chi connectivity index (χ0) is 14.8. The van der Waals surface area contributed by atoms with Crippen molar-refractivity contribution in [3.05, 3.63) is 33.1 Å². The lowest BCUT2D eigenvalue weighted by Crippen LogP contribution is -2.25. The number of hydrogen-bond donors (Lipinski definition) is 3. The van der Waals surface area contributed by atoms with Gasteiger partial charge >= 0.3 is 0 Å². The van der Waals surface area contributed by atoms with E-state index in [4.69, 9.17) is 0 Å². The molecule has 2 aromatic heterocycles. The predicted octanol–water partition coefficient (Wildman–Crippen LogP) is 1.29. The van der Waals surface area contributed by atoms with E-state index < -0.39 is 10.0 Å². The van der Waals surface area contributed by atoms with Crippen LogP contribution in [0.1, 0.15) is 20.9 Å². The molecule has 8 heteroatoms. The SMILES string of the molecule is CNCc1cn[nH]c1S(=O)(=O)NCc1cc(C)c(C)s1. The zero-order valence-electron chi connectivity index (χ0n) is 11.6. The second-order valence-electron chi connectivity index (χ2n) is 4.53. The molecule has 6 nitrogen and oxygen atoms in total. The third-order valence-electron chi connectivity index (χ3n) is 2.97. The largest absolute Gasteiger partial charge is 0.316 e. The second kappa shape index (κ2) is 6.04. The Balaban J connectivity index is 2.13. The van der Waals surface area contributed by atoms with Crippen LogP contribution in [0.4, 0.5) is 0 Å². The van der Waals surface area contributed by atoms with Gasteiger partial charge in [-0.25, -0.2) is 13.1 Å². The maximum Gasteiger partial charge on any atom is 0.258 e. The average molecular weight is 314 g/mol. The first kappa shape index (κ1) is 15.2. The van der Waals surface area contributed by atoms with Crippen LogP contribution in [0, 0.1) is 13.8 Å². The van der Waals surface area contributed by atoms with Gasteiger partial charge in [-0.1, -0.05) is 0 Å². The number of rotatable bonds is 6. The maximum atomic E-state index is 12.2. The fraction of sp³-hybridized carbons (Fsp3) is 0.417. The quantitative estimate of drug-likeness (QED) is 0.750. The molecule has 0 spiro atoms. The Morgan fingerprint density at radius 1 is 1.35 bits per heavy atom. The van der Waals surface area contributed by atoms with Gasteiger partial charge in [0, 0.05) is 28.4 Å². The van der Waals surface area contributed by atoms with E-state index in [0.717, 1.165) is 4.88 Å². The van der Waals surface area contributed by atoms with E-state index in [1.165, 1.54) is 16.6 Å². The van der Waals surface area contributed by atoms with E-state index >= 15 is 0 Å². The summed E-state index contributed by atoms with van der Waals surface area (Å²) in [6.07, 6.45) is 1.52. The number of H-pyrrole nitrogens is 1. The molecule has 0 aromatic carbocycles. The minimum Gasteiger partial charge on any atom is -0.316 e. The van der Waals surface area contributed by atoms with Crippen molar-refractivity contribution in [1.82, 2.24) is 20.2 Å². The number of aromatic nitrogens is 2. The zero-order valence-corrected chi connectivity index (χ0v) is 13.3. The van der Waals surface area contributed by atoms with Crippen LogP contribution in [0.5, 0.6) is 0 Å². The molecule has 20 heavy (non-hydrogen) atoms. The molecule has 2 heterocycles. The molecule has 0 atom stereocenters. The van der Waals surface area contributed by atoms with Crippen molar-refractivity contribution >= 4 is 21.4 Å². The van der Waals surface area contributed by atoms with Gasteiger partial charge in [-0.2, -0.15) is 5.10 Å². The third-order valence-corrected chi connectivity index (χ3v) is 5.54. The van der Waals surface area contributed by atoms with E-state index in [-0.39, 0.29) is 5.03 Å². The van der Waals surface area contributed by atoms with Gasteiger partial charge in [0.1, 0.15) is 0 Å². The Morgan fingerprint density at radius 3 is 2.70 bits per heavy atom. The van der Waals surface area contributed by atoms with Crippen molar-refractivity contribution in [3.63, 3.8) is 0 Å². The van der Waals surface area contributed by atoms with Gasteiger partial charge in [-0.05, 0) is 32.5 Å². The summed E-state index contributed by atoms with van der Waals surface area (Å²) in [6, 6.07) is 2.00. The molecule has 0 aliphatic carbocycles. The molecule has 0 unspecified atom stereocenters. The highest BCUT2D eigenvalue weighted by Crippen LogP contribution is 2.21. The molecule has 2 aromatic rings. The number of hydrogen-bond acceptors (Lipinski definition) is 5. The first-order valence-electron chi connectivity index (χ1n) is 6.16. The smallest absolute Gasteiger partial charge is 0.258 e. The standard InChI is InChI=1S/C12H18N4O2S2/c1-8-4-11(19-9(8)2)7-15-20(17,18)12-10(5-13-3)6-14-16-12/h4,6,13,15H,5,7H2,1-3H3,(H,14,16). The number of thiophene rings is 1. The van der Waals surface area contributed by atoms with Gasteiger partial charge in [0.25, 0.3) is 10.0 Å². The van der Waals surface area contributed by atoms with E-state index in [2.05, 4.69) is 20.2 Å². The summed E-state index contributed by atoms with van der Waals surface area (Å²) in [6.45, 7) is 4.78. The lowest BCUT2D eigenvalue weighted by Gasteiger charge is -2.05. The number of nitrogens with zero attached hydrogens (tertiary/aromatic N) is 1. The van der Waals surface area contributed by atoms with E-state index in [0.29, 0.717) is 18.7 Å². The molecule has 0 radical (unpaired) electrons. The third kappa shape index (κ3) is 3.26. The summed E-state index contributed by atoms with van der Waals surface area (Å²) in [5, 5.41) is 9.38. The van der Waals surface area contributed by atoms with Gasteiger partial charge in [0.2, 0.25) is 0 Å². The Kier molecular flexibility index (Phi) is 4.59. The van der Waals surface area contributed by atoms with Gasteiger partial charge in [-0.15, -0.1) is 11.3 Å². The molecule has 0 aliphatic heterocycles. The van der Waals surface area contributed by atoms with E-state index in [1.54, 1.807) is 18.4 Å². The normalized spacial score (nSPS) is 11.9. The van der Waals surface area contributed by atoms with Crippen molar-refractivity contribution in [2.45, 2.75) is 32.0 Å². The second-order valence-corrected chi connectivity index (χ2v) is 7.58. The van der Waals surface area contributed by atoms with E-state index in [9.17, 15) is 8.42 Å². The summed E-state index contributed by atoms with van der Waals surface area (Å²) in [5.74, 6) is 0. The number of aryl methyl sites for hydroxylation is 2. The van der Waals surface area contributed by atoms with Crippen LogP contribution in [-0.4, -0.2) is 25.7 Å². The molecular weight excluding hydrogens is 296 g/mol. The molecule has 3 N–H and O–H groups in total. The summed E-state index contributed by atoms with van der Waals surface area (Å²) in [4.78, 5) is 2.20. The number of aromatic amines is 1. The van der Waals surface area contributed by atoms with Crippen molar-refractivity contribution in [1.29, 1.82) is 0 Å². The van der Waals surface area contributed by atoms with Crippen molar-refractivity contribution in [2.75, 3.05) is 7.05 Å². The average Bonchev–Trinajstić information content (AvgIpc) is 2.96. The highest BCUT2D eigenvalue weighted by Gasteiger charge is 2.20. The number of sulfonamides is 1. The molecule has 0 saturated heterocycles. The van der Waals surface area contributed by atoms with Crippen LogP contribution in [0.3, 0.4) is 0 Å². The molecule has 0 bridgehead atoms. The highest BCUT2D eigenvalue weighted by atomic mass is 32.2. The Hall–Kier alpha value is -1.22. The van der Waals surface area contributed by atoms with Gasteiger partial charge in [0.15, 0.2) is 5.03 Å². The molecule has 0 saturated carbocycles. The minimum atomic E-state index is -3.57. The Labute approximate surface area is 122 Å². The predicted molar refractivity (Wildman–Crippen MR) is 79.2 cm³/mol. The van der Waals surface area contributed by atoms with Gasteiger partial charge in [0.05, 0.1) is 6.20 Å². The summed E-state index contributed by atoms with van der Waals surface area (Å²) in [7, 11) is -1.82. The van der Waals surface area contributed by atoms with E-state index in [1.807, 2.05) is 19.9 Å². The first-order valence-corrected chi connectivity index (χ1v) is 8.46. The van der Waals surface area contributed by atoms with Crippen LogP contribution < -0.4 is 10.0 Å². The van der Waals surface area contributed by atoms with Crippen LogP contribution in [0.2, 0.25) is 0 Å². The van der Waals surface area contributed by atoms with Crippen molar-refractivity contribution in [2.24, 2.45) is 0 Å². The summed E-state index contributed by atoms with van der Waals surface area (Å²) < 4.78 is 27.1. The molecule has 2 rings (SSSR count). The lowest BCUT2D eigenvalue weighted by molar-refractivity contribution is 0.575. The fourth-order valence-electron chi connectivity index (χ4n) is 1.82. The van der Waals surface area contributed by atoms with Crippen LogP contribution >= 0.6 is 11.3 Å². The molecule has 110 valence electrons. The van der Waals surface area contributed by atoms with Crippen LogP contribution in [0.15, 0.2) is 17.3 Å². The molecule has 0 aliphatic rings. The Morgan fingerprint density at radius 2 is 2.10 bits per heavy atom. The fourth-order valence-corrected chi connectivity index (χ4v) is 4.04. The topological polar surface area (TPSA) is 86.9 Å². The lowest BCUT2D eigenvalue weighted by atomic mass is 10.3. The van der Waals surface area contributed by atoms with Crippen molar-refractivity contribution in [3.8, 4) is 0 Å². The summed E-state index contributed by atoms with van der Waals surface area (Å²) in [5.41, 5.74) is 1.81. The maximum absolute atomic E-state index is 12.2. The summed E-state index contributed by atoms with van der Waals surface area (Å²) >= 11 is 1.60. The van der Waals surface area contributed by atoms with Gasteiger partial charge in [-0.3, -0.25) is 5.10 Å². The van der Waals surface area contributed by atoms with Crippen LogP contribution in [-0.2, 0) is 23.1 Å². The molecule has 0 fully saturated rings.